The molecular weight excluding hydrogens is 265 g/mol. The van der Waals surface area contributed by atoms with Gasteiger partial charge in [-0.05, 0) is 38.8 Å². The molecule has 0 aliphatic rings. The first kappa shape index (κ1) is 15.6. The Morgan fingerprint density at radius 1 is 1.33 bits per heavy atom. The Bertz CT molecular complexity index is 393. The largest absolute Gasteiger partial charge is 0.305 e. The quantitative estimate of drug-likeness (QED) is 0.691. The lowest BCUT2D eigenvalue weighted by molar-refractivity contribution is 0.327. The van der Waals surface area contributed by atoms with E-state index in [0.29, 0.717) is 10.0 Å². The molecule has 0 spiro atoms. The number of benzene rings is 1. The zero-order chi connectivity index (χ0) is 13.8. The lowest BCUT2D eigenvalue weighted by Gasteiger charge is -2.31. The average molecular weight is 286 g/mol. The van der Waals surface area contributed by atoms with E-state index in [9.17, 15) is 0 Å². The van der Waals surface area contributed by atoms with Gasteiger partial charge < -0.3 is 5.32 Å². The van der Waals surface area contributed by atoms with Crippen molar-refractivity contribution in [2.75, 3.05) is 0 Å². The van der Waals surface area contributed by atoms with E-state index in [-0.39, 0.29) is 11.6 Å². The number of hydrogen-bond donors (Lipinski definition) is 1. The van der Waals surface area contributed by atoms with Crippen molar-refractivity contribution in [3.05, 3.63) is 46.5 Å². The van der Waals surface area contributed by atoms with Crippen molar-refractivity contribution in [3.8, 4) is 0 Å². The van der Waals surface area contributed by atoms with Gasteiger partial charge in [-0.15, -0.1) is 6.58 Å². The number of hydrogen-bond acceptors (Lipinski definition) is 1. The highest BCUT2D eigenvalue weighted by molar-refractivity contribution is 6.36. The molecule has 18 heavy (non-hydrogen) atoms. The molecule has 1 rings (SSSR count). The van der Waals surface area contributed by atoms with Crippen molar-refractivity contribution >= 4 is 23.2 Å². The van der Waals surface area contributed by atoms with Crippen molar-refractivity contribution < 1.29 is 0 Å². The summed E-state index contributed by atoms with van der Waals surface area (Å²) < 4.78 is 0. The molecule has 1 unspecified atom stereocenters. The molecule has 0 aliphatic carbocycles. The van der Waals surface area contributed by atoms with Crippen LogP contribution in [0.15, 0.2) is 30.9 Å². The molecule has 0 bridgehead atoms. The molecule has 1 atom stereocenters. The van der Waals surface area contributed by atoms with Crippen molar-refractivity contribution in [2.24, 2.45) is 0 Å². The minimum absolute atomic E-state index is 0.0379. The van der Waals surface area contributed by atoms with Gasteiger partial charge >= 0.3 is 0 Å². The van der Waals surface area contributed by atoms with Gasteiger partial charge in [0, 0.05) is 27.2 Å². The molecular formula is C15H21Cl2N. The maximum atomic E-state index is 6.27. The minimum Gasteiger partial charge on any atom is -0.305 e. The van der Waals surface area contributed by atoms with Gasteiger partial charge in [0.15, 0.2) is 0 Å². The zero-order valence-corrected chi connectivity index (χ0v) is 12.8. The molecule has 0 saturated carbocycles. The van der Waals surface area contributed by atoms with Gasteiger partial charge in [0.25, 0.3) is 0 Å². The highest BCUT2D eigenvalue weighted by Gasteiger charge is 2.23. The molecule has 3 heteroatoms. The molecule has 0 fully saturated rings. The third-order valence-electron chi connectivity index (χ3n) is 3.20. The van der Waals surface area contributed by atoms with Crippen LogP contribution in [0.1, 0.15) is 45.2 Å². The third-order valence-corrected chi connectivity index (χ3v) is 3.86. The van der Waals surface area contributed by atoms with Gasteiger partial charge in [0.05, 0.1) is 0 Å². The predicted molar refractivity (Wildman–Crippen MR) is 81.5 cm³/mol. The van der Waals surface area contributed by atoms with E-state index in [0.717, 1.165) is 18.4 Å². The minimum atomic E-state index is 0.0379. The van der Waals surface area contributed by atoms with Crippen LogP contribution in [-0.2, 0) is 0 Å². The molecule has 0 saturated heterocycles. The Kier molecular flexibility index (Phi) is 5.71. The van der Waals surface area contributed by atoms with E-state index >= 15 is 0 Å². The summed E-state index contributed by atoms with van der Waals surface area (Å²) in [6.45, 7) is 10.3. The molecule has 0 radical (unpaired) electrons. The first-order chi connectivity index (χ1) is 8.41. The van der Waals surface area contributed by atoms with Gasteiger partial charge in [-0.3, -0.25) is 0 Å². The van der Waals surface area contributed by atoms with E-state index in [1.54, 1.807) is 0 Å². The summed E-state index contributed by atoms with van der Waals surface area (Å²) in [4.78, 5) is 0. The Morgan fingerprint density at radius 2 is 1.89 bits per heavy atom. The highest BCUT2D eigenvalue weighted by atomic mass is 35.5. The molecule has 0 heterocycles. The molecule has 0 aromatic heterocycles. The molecule has 0 aliphatic heterocycles. The van der Waals surface area contributed by atoms with E-state index in [1.165, 1.54) is 0 Å². The number of rotatable bonds is 6. The summed E-state index contributed by atoms with van der Waals surface area (Å²) in [5.74, 6) is 0. The van der Waals surface area contributed by atoms with Crippen LogP contribution in [-0.4, -0.2) is 5.54 Å². The average Bonchev–Trinajstić information content (AvgIpc) is 2.28. The van der Waals surface area contributed by atoms with E-state index in [4.69, 9.17) is 23.2 Å². The Labute approximate surface area is 120 Å². The summed E-state index contributed by atoms with van der Waals surface area (Å²) in [5.41, 5.74) is 0.998. The second kappa shape index (κ2) is 6.60. The number of halogens is 2. The van der Waals surface area contributed by atoms with Gasteiger partial charge in [-0.1, -0.05) is 42.3 Å². The second-order valence-electron chi connectivity index (χ2n) is 5.09. The van der Waals surface area contributed by atoms with Crippen molar-refractivity contribution in [2.45, 2.75) is 45.2 Å². The fourth-order valence-corrected chi connectivity index (χ4v) is 2.49. The molecule has 1 N–H and O–H groups in total. The van der Waals surface area contributed by atoms with Crippen LogP contribution in [0, 0.1) is 0 Å². The normalized spacial score (nSPS) is 13.4. The highest BCUT2D eigenvalue weighted by Crippen LogP contribution is 2.33. The summed E-state index contributed by atoms with van der Waals surface area (Å²) in [5, 5.41) is 5.01. The van der Waals surface area contributed by atoms with Crippen LogP contribution in [0.2, 0.25) is 10.0 Å². The van der Waals surface area contributed by atoms with Crippen LogP contribution >= 0.6 is 23.2 Å². The lowest BCUT2D eigenvalue weighted by Crippen LogP contribution is -2.41. The van der Waals surface area contributed by atoms with E-state index < -0.39 is 0 Å². The zero-order valence-electron chi connectivity index (χ0n) is 11.3. The molecule has 0 amide bonds. The van der Waals surface area contributed by atoms with Crippen LogP contribution in [0.5, 0.6) is 0 Å². The van der Waals surface area contributed by atoms with Crippen molar-refractivity contribution in [3.63, 3.8) is 0 Å². The smallest absolute Gasteiger partial charge is 0.0468 e. The molecule has 1 aromatic rings. The monoisotopic (exact) mass is 285 g/mol. The maximum Gasteiger partial charge on any atom is 0.0468 e. The van der Waals surface area contributed by atoms with Gasteiger partial charge in [0.1, 0.15) is 0 Å². The van der Waals surface area contributed by atoms with E-state index in [1.807, 2.05) is 24.3 Å². The van der Waals surface area contributed by atoms with Crippen molar-refractivity contribution in [1.29, 1.82) is 0 Å². The SMILES string of the molecule is C=CCC(NC(C)(C)CC)c1c(Cl)cccc1Cl. The van der Waals surface area contributed by atoms with E-state index in [2.05, 4.69) is 32.7 Å². The second-order valence-corrected chi connectivity index (χ2v) is 5.91. The lowest BCUT2D eigenvalue weighted by atomic mass is 9.96. The van der Waals surface area contributed by atoms with Gasteiger partial charge in [-0.25, -0.2) is 0 Å². The van der Waals surface area contributed by atoms with Gasteiger partial charge in [-0.2, -0.15) is 0 Å². The fourth-order valence-electron chi connectivity index (χ4n) is 1.83. The van der Waals surface area contributed by atoms with Crippen LogP contribution < -0.4 is 5.32 Å². The summed E-state index contributed by atoms with van der Waals surface area (Å²) >= 11 is 12.5. The Morgan fingerprint density at radius 3 is 2.33 bits per heavy atom. The fraction of sp³-hybridized carbons (Fsp3) is 0.467. The molecule has 100 valence electrons. The Hall–Kier alpha value is -0.500. The third kappa shape index (κ3) is 4.01. The summed E-state index contributed by atoms with van der Waals surface area (Å²) in [7, 11) is 0. The molecule has 1 aromatic carbocycles. The number of nitrogens with one attached hydrogen (secondary N) is 1. The van der Waals surface area contributed by atoms with Crippen LogP contribution in [0.25, 0.3) is 0 Å². The van der Waals surface area contributed by atoms with Gasteiger partial charge in [0.2, 0.25) is 0 Å². The Balaban J connectivity index is 3.08. The van der Waals surface area contributed by atoms with Crippen LogP contribution in [0.4, 0.5) is 0 Å². The predicted octanol–water partition coefficient (Wildman–Crippen LogP) is 5.39. The molecule has 1 nitrogen and oxygen atoms in total. The first-order valence-corrected chi connectivity index (χ1v) is 6.99. The van der Waals surface area contributed by atoms with Crippen molar-refractivity contribution in [1.82, 2.24) is 5.32 Å². The standard InChI is InChI=1S/C15H21Cl2N/c1-5-8-13(18-15(3,4)6-2)14-11(16)9-7-10-12(14)17/h5,7,9-10,13,18H,1,6,8H2,2-4H3. The topological polar surface area (TPSA) is 12.0 Å². The maximum absolute atomic E-state index is 6.27. The summed E-state index contributed by atoms with van der Waals surface area (Å²) in [6.07, 6.45) is 3.72. The summed E-state index contributed by atoms with van der Waals surface area (Å²) in [6, 6.07) is 5.71. The first-order valence-electron chi connectivity index (χ1n) is 6.23. The van der Waals surface area contributed by atoms with Crippen LogP contribution in [0.3, 0.4) is 0 Å².